The maximum atomic E-state index is 14.1. The number of H-pyrrole nitrogens is 1. The van der Waals surface area contributed by atoms with E-state index in [0.717, 1.165) is 6.07 Å². The lowest BCUT2D eigenvalue weighted by molar-refractivity contribution is -0.117. The van der Waals surface area contributed by atoms with Crippen LogP contribution in [0.5, 0.6) is 5.75 Å². The first-order valence-electron chi connectivity index (χ1n) is 5.51. The smallest absolute Gasteiger partial charge is 0.251 e. The van der Waals surface area contributed by atoms with Crippen molar-refractivity contribution in [2.75, 3.05) is 7.11 Å². The van der Waals surface area contributed by atoms with E-state index in [9.17, 15) is 14.0 Å². The van der Waals surface area contributed by atoms with Crippen LogP contribution in [-0.2, 0) is 11.2 Å². The number of nitrogens with two attached hydrogens (primary N) is 2. The molecule has 0 saturated heterocycles. The van der Waals surface area contributed by atoms with Crippen molar-refractivity contribution in [3.05, 3.63) is 27.6 Å². The summed E-state index contributed by atoms with van der Waals surface area (Å²) in [4.78, 5) is 25.4. The van der Waals surface area contributed by atoms with Gasteiger partial charge in [-0.3, -0.25) is 9.59 Å². The molecule has 0 spiro atoms. The molecular formula is C12H11BrFN3O3. The Labute approximate surface area is 121 Å². The number of aromatic amines is 1. The van der Waals surface area contributed by atoms with Gasteiger partial charge in [-0.1, -0.05) is 0 Å². The first kappa shape index (κ1) is 14.3. The van der Waals surface area contributed by atoms with E-state index in [2.05, 4.69) is 20.9 Å². The first-order valence-corrected chi connectivity index (χ1v) is 6.30. The van der Waals surface area contributed by atoms with Gasteiger partial charge in [-0.15, -0.1) is 0 Å². The van der Waals surface area contributed by atoms with Crippen LogP contribution in [0, 0.1) is 5.82 Å². The monoisotopic (exact) mass is 343 g/mol. The molecule has 0 unspecified atom stereocenters. The van der Waals surface area contributed by atoms with Crippen LogP contribution in [0.4, 0.5) is 4.39 Å². The Balaban J connectivity index is 2.89. The SMILES string of the molecule is COc1c(Br)cc(F)c2c(C(N)=O)c(CC(N)=O)[nH]c12. The van der Waals surface area contributed by atoms with Gasteiger partial charge in [-0.05, 0) is 22.0 Å². The fourth-order valence-electron chi connectivity index (χ4n) is 2.11. The molecular weight excluding hydrogens is 333 g/mol. The number of primary amides is 2. The topological polar surface area (TPSA) is 111 Å². The van der Waals surface area contributed by atoms with Gasteiger partial charge in [-0.25, -0.2) is 4.39 Å². The summed E-state index contributed by atoms with van der Waals surface area (Å²) < 4.78 is 19.6. The fourth-order valence-corrected chi connectivity index (χ4v) is 2.67. The van der Waals surface area contributed by atoms with Crippen molar-refractivity contribution in [3.63, 3.8) is 0 Å². The Kier molecular flexibility index (Phi) is 3.67. The van der Waals surface area contributed by atoms with E-state index in [1.54, 1.807) is 0 Å². The number of hydrogen-bond donors (Lipinski definition) is 3. The second-order valence-electron chi connectivity index (χ2n) is 4.11. The number of rotatable bonds is 4. The number of benzene rings is 1. The van der Waals surface area contributed by atoms with Crippen LogP contribution < -0.4 is 16.2 Å². The first-order chi connectivity index (χ1) is 9.36. The Hall–Kier alpha value is -2.09. The zero-order valence-electron chi connectivity index (χ0n) is 10.4. The summed E-state index contributed by atoms with van der Waals surface area (Å²) in [6, 6.07) is 1.16. The van der Waals surface area contributed by atoms with E-state index in [0.29, 0.717) is 10.2 Å². The highest BCUT2D eigenvalue weighted by molar-refractivity contribution is 9.10. The Bertz CT molecular complexity index is 727. The van der Waals surface area contributed by atoms with E-state index in [4.69, 9.17) is 16.2 Å². The van der Waals surface area contributed by atoms with Gasteiger partial charge >= 0.3 is 0 Å². The molecule has 0 radical (unpaired) electrons. The highest BCUT2D eigenvalue weighted by Gasteiger charge is 2.24. The van der Waals surface area contributed by atoms with E-state index in [-0.39, 0.29) is 28.6 Å². The molecule has 6 nitrogen and oxygen atoms in total. The average molecular weight is 344 g/mol. The molecule has 2 aromatic rings. The zero-order chi connectivity index (χ0) is 15.0. The lowest BCUT2D eigenvalue weighted by atomic mass is 10.1. The van der Waals surface area contributed by atoms with Crippen LogP contribution in [-0.4, -0.2) is 23.9 Å². The average Bonchev–Trinajstić information content (AvgIpc) is 2.67. The summed E-state index contributed by atoms with van der Waals surface area (Å²) in [5.41, 5.74) is 10.7. The molecule has 2 amide bonds. The molecule has 0 bridgehead atoms. The maximum absolute atomic E-state index is 14.1. The van der Waals surface area contributed by atoms with Crippen LogP contribution >= 0.6 is 15.9 Å². The molecule has 0 aliphatic carbocycles. The van der Waals surface area contributed by atoms with Crippen molar-refractivity contribution in [3.8, 4) is 5.75 Å². The molecule has 0 aliphatic rings. The van der Waals surface area contributed by atoms with Crippen LogP contribution in [0.2, 0.25) is 0 Å². The highest BCUT2D eigenvalue weighted by Crippen LogP contribution is 2.37. The van der Waals surface area contributed by atoms with Gasteiger partial charge in [0.2, 0.25) is 5.91 Å². The number of fused-ring (bicyclic) bond motifs is 1. The third-order valence-electron chi connectivity index (χ3n) is 2.82. The number of ether oxygens (including phenoxy) is 1. The molecule has 1 heterocycles. The van der Waals surface area contributed by atoms with Gasteiger partial charge in [0.25, 0.3) is 5.91 Å². The minimum Gasteiger partial charge on any atom is -0.493 e. The van der Waals surface area contributed by atoms with Gasteiger partial charge in [0.1, 0.15) is 5.82 Å². The number of aromatic nitrogens is 1. The molecule has 1 aromatic carbocycles. The third kappa shape index (κ3) is 2.22. The van der Waals surface area contributed by atoms with Gasteiger partial charge in [0.05, 0.1) is 34.5 Å². The van der Waals surface area contributed by atoms with Crippen LogP contribution in [0.15, 0.2) is 10.5 Å². The van der Waals surface area contributed by atoms with E-state index in [1.807, 2.05) is 0 Å². The molecule has 5 N–H and O–H groups in total. The van der Waals surface area contributed by atoms with Crippen molar-refractivity contribution in [2.45, 2.75) is 6.42 Å². The van der Waals surface area contributed by atoms with Crippen LogP contribution in [0.1, 0.15) is 16.1 Å². The Morgan fingerprint density at radius 1 is 1.45 bits per heavy atom. The summed E-state index contributed by atoms with van der Waals surface area (Å²) in [6.45, 7) is 0. The molecule has 8 heteroatoms. The number of halogens is 2. The molecule has 1 aromatic heterocycles. The van der Waals surface area contributed by atoms with E-state index in [1.165, 1.54) is 7.11 Å². The van der Waals surface area contributed by atoms with Crippen molar-refractivity contribution >= 4 is 38.6 Å². The maximum Gasteiger partial charge on any atom is 0.251 e. The summed E-state index contributed by atoms with van der Waals surface area (Å²) >= 11 is 3.16. The predicted molar refractivity (Wildman–Crippen MR) is 73.9 cm³/mol. The fraction of sp³-hybridized carbons (Fsp3) is 0.167. The predicted octanol–water partition coefficient (Wildman–Crippen LogP) is 1.20. The second-order valence-corrected chi connectivity index (χ2v) is 4.96. The van der Waals surface area contributed by atoms with E-state index < -0.39 is 17.6 Å². The minimum absolute atomic E-state index is 0.0196. The highest BCUT2D eigenvalue weighted by atomic mass is 79.9. The van der Waals surface area contributed by atoms with E-state index >= 15 is 0 Å². The molecule has 0 aliphatic heterocycles. The normalized spacial score (nSPS) is 10.8. The zero-order valence-corrected chi connectivity index (χ0v) is 12.0. The van der Waals surface area contributed by atoms with Gasteiger partial charge in [-0.2, -0.15) is 0 Å². The quantitative estimate of drug-likeness (QED) is 0.775. The number of amides is 2. The van der Waals surface area contributed by atoms with Gasteiger partial charge in [0, 0.05) is 5.69 Å². The lowest BCUT2D eigenvalue weighted by Gasteiger charge is -2.05. The van der Waals surface area contributed by atoms with Crippen molar-refractivity contribution in [2.24, 2.45) is 11.5 Å². The number of methoxy groups -OCH3 is 1. The molecule has 2 rings (SSSR count). The molecule has 0 saturated carbocycles. The third-order valence-corrected chi connectivity index (χ3v) is 3.40. The molecule has 20 heavy (non-hydrogen) atoms. The largest absolute Gasteiger partial charge is 0.493 e. The van der Waals surface area contributed by atoms with Crippen LogP contribution in [0.25, 0.3) is 10.9 Å². The van der Waals surface area contributed by atoms with Crippen molar-refractivity contribution in [1.29, 1.82) is 0 Å². The second kappa shape index (κ2) is 5.12. The summed E-state index contributed by atoms with van der Waals surface area (Å²) in [7, 11) is 1.40. The number of carbonyl (C=O) groups excluding carboxylic acids is 2. The molecule has 106 valence electrons. The number of hydrogen-bond acceptors (Lipinski definition) is 3. The Morgan fingerprint density at radius 2 is 2.10 bits per heavy atom. The van der Waals surface area contributed by atoms with Gasteiger partial charge < -0.3 is 21.2 Å². The lowest BCUT2D eigenvalue weighted by Crippen LogP contribution is -2.18. The standard InChI is InChI=1S/C12H11BrFN3O3/c1-20-11-4(13)2-5(14)8-9(12(16)19)6(3-7(15)18)17-10(8)11/h2,17H,3H2,1H3,(H2,15,18)(H2,16,19). The van der Waals surface area contributed by atoms with Gasteiger partial charge in [0.15, 0.2) is 5.75 Å². The Morgan fingerprint density at radius 3 is 2.60 bits per heavy atom. The molecule has 0 fully saturated rings. The molecule has 0 atom stereocenters. The number of carbonyl (C=O) groups is 2. The van der Waals surface area contributed by atoms with Crippen molar-refractivity contribution < 1.29 is 18.7 Å². The van der Waals surface area contributed by atoms with Crippen LogP contribution in [0.3, 0.4) is 0 Å². The van der Waals surface area contributed by atoms with Crippen molar-refractivity contribution in [1.82, 2.24) is 4.98 Å². The minimum atomic E-state index is -0.851. The summed E-state index contributed by atoms with van der Waals surface area (Å²) in [5, 5.41) is -0.0196. The number of nitrogens with one attached hydrogen (secondary N) is 1. The summed E-state index contributed by atoms with van der Waals surface area (Å²) in [5.74, 6) is -1.87. The summed E-state index contributed by atoms with van der Waals surface area (Å²) in [6.07, 6.45) is -0.257.